The summed E-state index contributed by atoms with van der Waals surface area (Å²) < 4.78 is 15.6. The highest BCUT2D eigenvalue weighted by Crippen LogP contribution is 2.15. The number of rotatable bonds is 7. The average molecular weight is 237 g/mol. The van der Waals surface area contributed by atoms with Crippen LogP contribution in [-0.2, 0) is 13.3 Å². The maximum atomic E-state index is 10.5. The summed E-state index contributed by atoms with van der Waals surface area (Å²) in [5.74, 6) is 0. The van der Waals surface area contributed by atoms with Crippen LogP contribution in [0.25, 0.3) is 0 Å². The molecule has 5 N–H and O–H groups in total. The van der Waals surface area contributed by atoms with Gasteiger partial charge in [-0.3, -0.25) is 0 Å². The van der Waals surface area contributed by atoms with Crippen molar-refractivity contribution < 1.29 is 18.1 Å². The monoisotopic (exact) mass is 237 g/mol. The number of nitrogens with one attached hydrogen (secondary N) is 1. The van der Waals surface area contributed by atoms with Gasteiger partial charge in [0, 0.05) is 27.4 Å². The van der Waals surface area contributed by atoms with Gasteiger partial charge in [0.1, 0.15) is 0 Å². The van der Waals surface area contributed by atoms with Crippen LogP contribution in [0.15, 0.2) is 0 Å². The SMILES string of the molecule is CO[Si](CCC(N)NC(N)=O)(OC)OC. The highest BCUT2D eigenvalue weighted by Gasteiger charge is 2.37. The molecule has 0 aliphatic carbocycles. The molecule has 15 heavy (non-hydrogen) atoms. The fourth-order valence-electron chi connectivity index (χ4n) is 1.14. The Balaban J connectivity index is 4.04. The van der Waals surface area contributed by atoms with Crippen LogP contribution < -0.4 is 16.8 Å². The minimum absolute atomic E-state index is 0.477. The summed E-state index contributed by atoms with van der Waals surface area (Å²) in [5.41, 5.74) is 10.5. The van der Waals surface area contributed by atoms with Gasteiger partial charge in [0.25, 0.3) is 0 Å². The first-order valence-electron chi connectivity index (χ1n) is 4.46. The van der Waals surface area contributed by atoms with Crippen LogP contribution >= 0.6 is 0 Å². The van der Waals surface area contributed by atoms with Crippen molar-refractivity contribution >= 4 is 14.8 Å². The second-order valence-electron chi connectivity index (χ2n) is 2.95. The summed E-state index contributed by atoms with van der Waals surface area (Å²) in [7, 11) is 1.96. The molecule has 0 saturated heterocycles. The average Bonchev–Trinajstić information content (AvgIpc) is 2.20. The van der Waals surface area contributed by atoms with E-state index in [0.717, 1.165) is 0 Å². The first-order valence-corrected chi connectivity index (χ1v) is 6.40. The molecule has 0 radical (unpaired) electrons. The molecular weight excluding hydrogens is 218 g/mol. The van der Waals surface area contributed by atoms with Gasteiger partial charge in [0.2, 0.25) is 0 Å². The summed E-state index contributed by atoms with van der Waals surface area (Å²) >= 11 is 0. The van der Waals surface area contributed by atoms with Crippen LogP contribution in [0, 0.1) is 0 Å². The van der Waals surface area contributed by atoms with Crippen LogP contribution in [0.3, 0.4) is 0 Å². The molecule has 7 nitrogen and oxygen atoms in total. The van der Waals surface area contributed by atoms with Gasteiger partial charge in [-0.2, -0.15) is 0 Å². The van der Waals surface area contributed by atoms with Crippen molar-refractivity contribution in [3.8, 4) is 0 Å². The van der Waals surface area contributed by atoms with Gasteiger partial charge >= 0.3 is 14.8 Å². The number of urea groups is 1. The number of carbonyl (C=O) groups excluding carboxylic acids is 1. The van der Waals surface area contributed by atoms with Gasteiger partial charge in [-0.1, -0.05) is 0 Å². The number of amides is 2. The first-order chi connectivity index (χ1) is 6.99. The molecule has 0 aliphatic rings. The Kier molecular flexibility index (Phi) is 6.44. The molecule has 0 aliphatic heterocycles. The van der Waals surface area contributed by atoms with Crippen LogP contribution in [-0.4, -0.2) is 42.3 Å². The Morgan fingerprint density at radius 3 is 2.13 bits per heavy atom. The topological polar surface area (TPSA) is 109 Å². The molecule has 2 amide bonds. The molecule has 0 fully saturated rings. The van der Waals surface area contributed by atoms with Crippen LogP contribution in [0.1, 0.15) is 6.42 Å². The lowest BCUT2D eigenvalue weighted by molar-refractivity contribution is 0.122. The normalized spacial score (nSPS) is 13.6. The highest BCUT2D eigenvalue weighted by atomic mass is 28.4. The van der Waals surface area contributed by atoms with E-state index in [4.69, 9.17) is 24.7 Å². The zero-order chi connectivity index (χ0) is 11.9. The van der Waals surface area contributed by atoms with Gasteiger partial charge < -0.3 is 30.1 Å². The van der Waals surface area contributed by atoms with E-state index >= 15 is 0 Å². The third-order valence-corrected chi connectivity index (χ3v) is 4.79. The fraction of sp³-hybridized carbons (Fsp3) is 0.857. The van der Waals surface area contributed by atoms with Gasteiger partial charge in [0.15, 0.2) is 0 Å². The predicted octanol–water partition coefficient (Wildman–Crippen LogP) is -0.792. The minimum Gasteiger partial charge on any atom is -0.377 e. The minimum atomic E-state index is -2.60. The van der Waals surface area contributed by atoms with E-state index in [0.29, 0.717) is 12.5 Å². The fourth-order valence-corrected chi connectivity index (χ4v) is 2.92. The van der Waals surface area contributed by atoms with E-state index in [1.165, 1.54) is 21.3 Å². The van der Waals surface area contributed by atoms with E-state index in [1.807, 2.05) is 0 Å². The summed E-state index contributed by atoms with van der Waals surface area (Å²) in [6, 6.07) is -0.139. The van der Waals surface area contributed by atoms with E-state index in [-0.39, 0.29) is 0 Å². The van der Waals surface area contributed by atoms with Crippen LogP contribution in [0.4, 0.5) is 4.79 Å². The second-order valence-corrected chi connectivity index (χ2v) is 6.04. The van der Waals surface area contributed by atoms with E-state index < -0.39 is 21.0 Å². The molecule has 0 bridgehead atoms. The van der Waals surface area contributed by atoms with Crippen LogP contribution in [0.5, 0.6) is 0 Å². The molecule has 0 aromatic heterocycles. The molecule has 0 saturated carbocycles. The lowest BCUT2D eigenvalue weighted by atomic mass is 10.4. The zero-order valence-electron chi connectivity index (χ0n) is 9.28. The molecule has 0 aromatic rings. The molecule has 0 rings (SSSR count). The summed E-state index contributed by atoms with van der Waals surface area (Å²) in [6.07, 6.45) is -0.0418. The zero-order valence-corrected chi connectivity index (χ0v) is 10.3. The van der Waals surface area contributed by atoms with E-state index in [2.05, 4.69) is 5.32 Å². The Morgan fingerprint density at radius 2 is 1.80 bits per heavy atom. The van der Waals surface area contributed by atoms with Crippen molar-refractivity contribution in [1.29, 1.82) is 0 Å². The number of primary amides is 1. The lowest BCUT2D eigenvalue weighted by Gasteiger charge is -2.25. The number of nitrogens with two attached hydrogens (primary N) is 2. The first kappa shape index (κ1) is 14.3. The van der Waals surface area contributed by atoms with E-state index in [9.17, 15) is 4.79 Å². The summed E-state index contributed by atoms with van der Waals surface area (Å²) in [6.45, 7) is 0. The van der Waals surface area contributed by atoms with Crippen molar-refractivity contribution in [2.45, 2.75) is 18.6 Å². The second kappa shape index (κ2) is 6.75. The molecule has 1 atom stereocenters. The third-order valence-electron chi connectivity index (χ3n) is 2.02. The molecule has 0 aromatic carbocycles. The van der Waals surface area contributed by atoms with Crippen molar-refractivity contribution in [1.82, 2.24) is 5.32 Å². The highest BCUT2D eigenvalue weighted by molar-refractivity contribution is 6.60. The maximum absolute atomic E-state index is 10.5. The molecule has 0 heterocycles. The molecule has 0 spiro atoms. The van der Waals surface area contributed by atoms with Crippen molar-refractivity contribution in [2.24, 2.45) is 11.5 Å². The molecular formula is C7H19N3O4Si. The number of hydrogen-bond acceptors (Lipinski definition) is 5. The number of carbonyl (C=O) groups is 1. The van der Waals surface area contributed by atoms with E-state index in [1.54, 1.807) is 0 Å². The largest absolute Gasteiger partial charge is 0.500 e. The van der Waals surface area contributed by atoms with Crippen molar-refractivity contribution in [2.75, 3.05) is 21.3 Å². The Bertz CT molecular complexity index is 192. The third kappa shape index (κ3) is 5.09. The van der Waals surface area contributed by atoms with Gasteiger partial charge in [-0.15, -0.1) is 0 Å². The summed E-state index contributed by atoms with van der Waals surface area (Å²) in [5, 5.41) is 2.36. The van der Waals surface area contributed by atoms with Gasteiger partial charge in [-0.25, -0.2) is 4.79 Å². The molecule has 1 unspecified atom stereocenters. The van der Waals surface area contributed by atoms with Gasteiger partial charge in [-0.05, 0) is 6.42 Å². The molecule has 8 heteroatoms. The van der Waals surface area contributed by atoms with Gasteiger partial charge in [0.05, 0.1) is 6.17 Å². The number of hydrogen-bond donors (Lipinski definition) is 3. The quantitative estimate of drug-likeness (QED) is 0.397. The maximum Gasteiger partial charge on any atom is 0.500 e. The lowest BCUT2D eigenvalue weighted by Crippen LogP contribution is -2.48. The Labute approximate surface area is 90.4 Å². The van der Waals surface area contributed by atoms with Crippen LogP contribution in [0.2, 0.25) is 6.04 Å². The smallest absolute Gasteiger partial charge is 0.377 e. The Morgan fingerprint density at radius 1 is 1.33 bits per heavy atom. The van der Waals surface area contributed by atoms with Crippen molar-refractivity contribution in [3.63, 3.8) is 0 Å². The summed E-state index contributed by atoms with van der Waals surface area (Å²) in [4.78, 5) is 10.5. The standard InChI is InChI=1S/C7H19N3O4Si/c1-12-15(13-2,14-3)5-4-6(8)10-7(9)11/h6H,4-5,8H2,1-3H3,(H3,9,10,11). The predicted molar refractivity (Wildman–Crippen MR) is 56.9 cm³/mol. The Hall–Kier alpha value is -0.673. The molecule has 90 valence electrons. The van der Waals surface area contributed by atoms with Crippen molar-refractivity contribution in [3.05, 3.63) is 0 Å².